The smallest absolute Gasteiger partial charge is 0.316 e. The van der Waals surface area contributed by atoms with Crippen LogP contribution in [0.25, 0.3) is 0 Å². The second kappa shape index (κ2) is 8.17. The Labute approximate surface area is 154 Å². The quantitative estimate of drug-likeness (QED) is 0.826. The lowest BCUT2D eigenvalue weighted by Gasteiger charge is -2.32. The van der Waals surface area contributed by atoms with Gasteiger partial charge in [0.25, 0.3) is 5.91 Å². The van der Waals surface area contributed by atoms with E-state index in [1.165, 1.54) is 0 Å². The summed E-state index contributed by atoms with van der Waals surface area (Å²) in [5.74, 6) is 0.0456. The fraction of sp³-hybridized carbons (Fsp3) is 0.450. The number of carbonyl (C=O) groups excluding carboxylic acids is 1. The van der Waals surface area contributed by atoms with Crippen LogP contribution >= 0.6 is 0 Å². The maximum absolute atomic E-state index is 12.9. The Bertz CT molecular complexity index is 746. The van der Waals surface area contributed by atoms with Gasteiger partial charge in [-0.15, -0.1) is 0 Å². The van der Waals surface area contributed by atoms with E-state index in [0.717, 1.165) is 37.1 Å². The third-order valence-corrected chi connectivity index (χ3v) is 4.64. The van der Waals surface area contributed by atoms with Gasteiger partial charge in [0.2, 0.25) is 0 Å². The Morgan fingerprint density at radius 1 is 1.31 bits per heavy atom. The largest absolute Gasteiger partial charge is 0.458 e. The average molecular weight is 354 g/mol. The highest BCUT2D eigenvalue weighted by Gasteiger charge is 2.26. The Hall–Kier alpha value is -2.63. The van der Waals surface area contributed by atoms with Gasteiger partial charge in [-0.2, -0.15) is 0 Å². The van der Waals surface area contributed by atoms with E-state index < -0.39 is 0 Å². The van der Waals surface area contributed by atoms with Crippen molar-refractivity contribution in [1.82, 2.24) is 14.9 Å². The molecule has 0 aliphatic carbocycles. The second-order valence-electron chi connectivity index (χ2n) is 6.81. The zero-order valence-electron chi connectivity index (χ0n) is 15.7. The fourth-order valence-electron chi connectivity index (χ4n) is 3.05. The van der Waals surface area contributed by atoms with Crippen molar-refractivity contribution in [3.8, 4) is 6.01 Å². The van der Waals surface area contributed by atoms with E-state index in [0.29, 0.717) is 18.1 Å². The molecule has 1 aromatic carbocycles. The highest BCUT2D eigenvalue weighted by Crippen LogP contribution is 2.20. The molecule has 0 bridgehead atoms. The van der Waals surface area contributed by atoms with Crippen LogP contribution in [0.15, 0.2) is 36.7 Å². The molecule has 0 radical (unpaired) electrons. The van der Waals surface area contributed by atoms with Crippen molar-refractivity contribution in [1.29, 1.82) is 0 Å². The normalized spacial score (nSPS) is 17.0. The van der Waals surface area contributed by atoms with Gasteiger partial charge in [0, 0.05) is 44.3 Å². The molecule has 1 unspecified atom stereocenters. The molecule has 1 aliphatic rings. The summed E-state index contributed by atoms with van der Waals surface area (Å²) < 4.78 is 5.91. The molecule has 6 nitrogen and oxygen atoms in total. The minimum atomic E-state index is -0.0720. The van der Waals surface area contributed by atoms with Gasteiger partial charge < -0.3 is 14.5 Å². The third kappa shape index (κ3) is 4.31. The number of amides is 1. The first kappa shape index (κ1) is 18.2. The summed E-state index contributed by atoms with van der Waals surface area (Å²) in [5, 5.41) is 0. The minimum Gasteiger partial charge on any atom is -0.458 e. The lowest BCUT2D eigenvalue weighted by Crippen LogP contribution is -2.44. The van der Waals surface area contributed by atoms with E-state index in [1.807, 2.05) is 48.2 Å². The van der Waals surface area contributed by atoms with Gasteiger partial charge in [0.15, 0.2) is 0 Å². The fourth-order valence-corrected chi connectivity index (χ4v) is 3.05. The number of aromatic nitrogens is 2. The van der Waals surface area contributed by atoms with Gasteiger partial charge in [0.05, 0.1) is 6.54 Å². The maximum Gasteiger partial charge on any atom is 0.316 e. The van der Waals surface area contributed by atoms with Crippen molar-refractivity contribution in [2.45, 2.75) is 32.3 Å². The predicted octanol–water partition coefficient (Wildman–Crippen LogP) is 2.79. The number of hydrogen-bond acceptors (Lipinski definition) is 5. The molecule has 0 saturated carbocycles. The van der Waals surface area contributed by atoms with Crippen molar-refractivity contribution in [3.63, 3.8) is 0 Å². The van der Waals surface area contributed by atoms with E-state index in [2.05, 4.69) is 16.9 Å². The predicted molar refractivity (Wildman–Crippen MR) is 102 cm³/mol. The van der Waals surface area contributed by atoms with Crippen LogP contribution in [-0.4, -0.2) is 54.1 Å². The Kier molecular flexibility index (Phi) is 5.71. The first-order valence-corrected chi connectivity index (χ1v) is 9.11. The molecular formula is C20H26N4O2. The first-order chi connectivity index (χ1) is 12.6. The Balaban J connectivity index is 1.65. The van der Waals surface area contributed by atoms with Gasteiger partial charge in [-0.05, 0) is 43.0 Å². The molecule has 2 heterocycles. The molecule has 1 amide bonds. The number of ether oxygens (including phenoxy) is 1. The number of likely N-dealkylation sites (tertiary alicyclic amines) is 1. The highest BCUT2D eigenvalue weighted by atomic mass is 16.5. The van der Waals surface area contributed by atoms with Crippen molar-refractivity contribution in [2.75, 3.05) is 32.1 Å². The SMILES string of the molecule is CCc1cnc(OC2CCCN(C(=O)c3cccc(N(C)C)c3)C2)nc1. The van der Waals surface area contributed by atoms with E-state index in [1.54, 1.807) is 12.4 Å². The molecule has 1 aromatic heterocycles. The third-order valence-electron chi connectivity index (χ3n) is 4.64. The van der Waals surface area contributed by atoms with Crippen LogP contribution in [0.2, 0.25) is 0 Å². The summed E-state index contributed by atoms with van der Waals surface area (Å²) >= 11 is 0. The van der Waals surface area contributed by atoms with Crippen molar-refractivity contribution < 1.29 is 9.53 Å². The van der Waals surface area contributed by atoms with Crippen LogP contribution in [0.4, 0.5) is 5.69 Å². The number of hydrogen-bond donors (Lipinski definition) is 0. The number of anilines is 1. The van der Waals surface area contributed by atoms with Crippen molar-refractivity contribution in [2.24, 2.45) is 0 Å². The van der Waals surface area contributed by atoms with Crippen LogP contribution in [0.5, 0.6) is 6.01 Å². The van der Waals surface area contributed by atoms with Crippen LogP contribution in [0.3, 0.4) is 0 Å². The molecule has 1 atom stereocenters. The zero-order valence-corrected chi connectivity index (χ0v) is 15.7. The summed E-state index contributed by atoms with van der Waals surface area (Å²) in [5.41, 5.74) is 2.81. The van der Waals surface area contributed by atoms with Gasteiger partial charge in [-0.25, -0.2) is 9.97 Å². The number of benzene rings is 1. The summed E-state index contributed by atoms with van der Waals surface area (Å²) in [6, 6.07) is 8.10. The average Bonchev–Trinajstić information content (AvgIpc) is 2.68. The molecule has 1 saturated heterocycles. The van der Waals surface area contributed by atoms with E-state index in [-0.39, 0.29) is 12.0 Å². The number of piperidine rings is 1. The summed E-state index contributed by atoms with van der Waals surface area (Å²) in [6.45, 7) is 3.37. The molecule has 2 aromatic rings. The van der Waals surface area contributed by atoms with E-state index in [4.69, 9.17) is 4.74 Å². The molecule has 3 rings (SSSR count). The highest BCUT2D eigenvalue weighted by molar-refractivity contribution is 5.95. The second-order valence-corrected chi connectivity index (χ2v) is 6.81. The van der Waals surface area contributed by atoms with Crippen molar-refractivity contribution >= 4 is 11.6 Å². The molecule has 0 N–H and O–H groups in total. The Morgan fingerprint density at radius 3 is 2.77 bits per heavy atom. The topological polar surface area (TPSA) is 58.6 Å². The summed E-state index contributed by atoms with van der Waals surface area (Å²) in [7, 11) is 3.94. The maximum atomic E-state index is 12.9. The van der Waals surface area contributed by atoms with Gasteiger partial charge in [-0.3, -0.25) is 4.79 Å². The Morgan fingerprint density at radius 2 is 2.08 bits per heavy atom. The van der Waals surface area contributed by atoms with Crippen LogP contribution in [0, 0.1) is 0 Å². The molecular weight excluding hydrogens is 328 g/mol. The van der Waals surface area contributed by atoms with Crippen LogP contribution < -0.4 is 9.64 Å². The van der Waals surface area contributed by atoms with Crippen molar-refractivity contribution in [3.05, 3.63) is 47.8 Å². The first-order valence-electron chi connectivity index (χ1n) is 9.11. The molecule has 26 heavy (non-hydrogen) atoms. The molecule has 6 heteroatoms. The van der Waals surface area contributed by atoms with E-state index >= 15 is 0 Å². The molecule has 138 valence electrons. The number of carbonyl (C=O) groups is 1. The monoisotopic (exact) mass is 354 g/mol. The molecule has 0 spiro atoms. The lowest BCUT2D eigenvalue weighted by atomic mass is 10.1. The molecule has 1 fully saturated rings. The minimum absolute atomic E-state index is 0.0456. The molecule has 1 aliphatic heterocycles. The lowest BCUT2D eigenvalue weighted by molar-refractivity contribution is 0.0515. The standard InChI is InChI=1S/C20H26N4O2/c1-4-15-12-21-20(22-13-15)26-18-9-6-10-24(14-18)19(25)16-7-5-8-17(11-16)23(2)3/h5,7-8,11-13,18H,4,6,9-10,14H2,1-3H3. The summed E-state index contributed by atoms with van der Waals surface area (Å²) in [4.78, 5) is 25.3. The number of aryl methyl sites for hydroxylation is 1. The van der Waals surface area contributed by atoms with Gasteiger partial charge in [0.1, 0.15) is 6.10 Å². The van der Waals surface area contributed by atoms with Gasteiger partial charge in [-0.1, -0.05) is 13.0 Å². The zero-order chi connectivity index (χ0) is 18.5. The van der Waals surface area contributed by atoms with E-state index in [9.17, 15) is 4.79 Å². The van der Waals surface area contributed by atoms with Crippen LogP contribution in [-0.2, 0) is 6.42 Å². The number of nitrogens with zero attached hydrogens (tertiary/aromatic N) is 4. The number of rotatable bonds is 5. The van der Waals surface area contributed by atoms with Gasteiger partial charge >= 0.3 is 6.01 Å². The van der Waals surface area contributed by atoms with Crippen LogP contribution in [0.1, 0.15) is 35.7 Å². The summed E-state index contributed by atoms with van der Waals surface area (Å²) in [6.07, 6.45) is 6.23.